The predicted octanol–water partition coefficient (Wildman–Crippen LogP) is 3.19. The van der Waals surface area contributed by atoms with Crippen molar-refractivity contribution in [3.05, 3.63) is 29.8 Å². The lowest BCUT2D eigenvalue weighted by molar-refractivity contribution is -0.119. The van der Waals surface area contributed by atoms with Crippen LogP contribution in [-0.4, -0.2) is 32.5 Å². The van der Waals surface area contributed by atoms with Gasteiger partial charge in [-0.3, -0.25) is 4.79 Å². The Balaban J connectivity index is 1.37. The maximum absolute atomic E-state index is 12.3. The van der Waals surface area contributed by atoms with E-state index in [0.717, 1.165) is 28.4 Å². The van der Waals surface area contributed by atoms with Crippen LogP contribution < -0.4 is 5.32 Å². The van der Waals surface area contributed by atoms with Gasteiger partial charge >= 0.3 is 0 Å². The number of aromatic nitrogens is 3. The molecular weight excluding hydrogens is 332 g/mol. The highest BCUT2D eigenvalue weighted by Gasteiger charge is 2.42. The molecule has 0 spiro atoms. The van der Waals surface area contributed by atoms with Gasteiger partial charge in [0.2, 0.25) is 5.91 Å². The van der Waals surface area contributed by atoms with Crippen molar-refractivity contribution < 1.29 is 4.79 Å². The number of nitrogens with one attached hydrogen (secondary N) is 1. The predicted molar refractivity (Wildman–Crippen MR) is 99.3 cm³/mol. The van der Waals surface area contributed by atoms with Crippen molar-refractivity contribution >= 4 is 17.7 Å². The number of thioether (sulfide) groups is 1. The van der Waals surface area contributed by atoms with Crippen LogP contribution in [-0.2, 0) is 11.8 Å². The molecule has 1 amide bonds. The van der Waals surface area contributed by atoms with Gasteiger partial charge in [-0.25, -0.2) is 0 Å². The largest absolute Gasteiger partial charge is 0.352 e. The summed E-state index contributed by atoms with van der Waals surface area (Å²) in [6, 6.07) is 8.64. The lowest BCUT2D eigenvalue weighted by atomic mass is 10.1. The monoisotopic (exact) mass is 356 g/mol. The number of carbonyl (C=O) groups is 1. The number of nitrogens with zero attached hydrogens (tertiary/aromatic N) is 3. The van der Waals surface area contributed by atoms with Crippen LogP contribution >= 0.6 is 11.8 Å². The molecule has 4 rings (SSSR count). The number of benzene rings is 1. The van der Waals surface area contributed by atoms with Gasteiger partial charge in [0.05, 0.1) is 5.75 Å². The molecule has 2 fully saturated rings. The van der Waals surface area contributed by atoms with Crippen LogP contribution in [0.4, 0.5) is 0 Å². The molecule has 1 aromatic carbocycles. The molecular formula is C19H24N4OS. The normalized spacial score (nSPS) is 17.1. The van der Waals surface area contributed by atoms with E-state index >= 15 is 0 Å². The molecule has 2 aliphatic rings. The maximum Gasteiger partial charge on any atom is 0.230 e. The quantitative estimate of drug-likeness (QED) is 0.774. The zero-order valence-electron chi connectivity index (χ0n) is 14.7. The molecule has 0 saturated heterocycles. The lowest BCUT2D eigenvalue weighted by Crippen LogP contribution is -2.39. The molecule has 2 aromatic rings. The first-order chi connectivity index (χ1) is 12.1. The molecule has 25 heavy (non-hydrogen) atoms. The fourth-order valence-electron chi connectivity index (χ4n) is 3.37. The van der Waals surface area contributed by atoms with Gasteiger partial charge in [-0.05, 0) is 50.5 Å². The summed E-state index contributed by atoms with van der Waals surface area (Å²) in [6.07, 6.45) is 5.10. The van der Waals surface area contributed by atoms with Gasteiger partial charge in [0.15, 0.2) is 11.0 Å². The number of hydrogen-bond donors (Lipinski definition) is 1. The first kappa shape index (κ1) is 16.6. The van der Waals surface area contributed by atoms with E-state index in [4.69, 9.17) is 0 Å². The Morgan fingerprint density at radius 2 is 2.00 bits per heavy atom. The van der Waals surface area contributed by atoms with E-state index in [1.807, 2.05) is 23.7 Å². The minimum absolute atomic E-state index is 0.119. The summed E-state index contributed by atoms with van der Waals surface area (Å²) < 4.78 is 1.96. The van der Waals surface area contributed by atoms with Crippen LogP contribution in [0.25, 0.3) is 11.4 Å². The van der Waals surface area contributed by atoms with Gasteiger partial charge in [-0.15, -0.1) is 10.2 Å². The average molecular weight is 356 g/mol. The van der Waals surface area contributed by atoms with E-state index in [1.54, 1.807) is 0 Å². The van der Waals surface area contributed by atoms with Crippen LogP contribution in [0.5, 0.6) is 0 Å². The minimum Gasteiger partial charge on any atom is -0.352 e. The van der Waals surface area contributed by atoms with Crippen molar-refractivity contribution in [1.29, 1.82) is 0 Å². The summed E-state index contributed by atoms with van der Waals surface area (Å²) in [5, 5.41) is 12.6. The van der Waals surface area contributed by atoms with E-state index in [1.165, 1.54) is 43.0 Å². The zero-order valence-corrected chi connectivity index (χ0v) is 15.6. The molecule has 1 aromatic heterocycles. The molecule has 6 heteroatoms. The fraction of sp³-hybridized carbons (Fsp3) is 0.526. The van der Waals surface area contributed by atoms with E-state index in [9.17, 15) is 4.79 Å². The van der Waals surface area contributed by atoms with E-state index in [2.05, 4.69) is 34.6 Å². The molecule has 2 aliphatic carbocycles. The maximum atomic E-state index is 12.3. The van der Waals surface area contributed by atoms with Crippen LogP contribution in [0, 0.1) is 18.8 Å². The van der Waals surface area contributed by atoms with Crippen molar-refractivity contribution in [2.24, 2.45) is 18.9 Å². The van der Waals surface area contributed by atoms with Crippen LogP contribution in [0.2, 0.25) is 0 Å². The first-order valence-electron chi connectivity index (χ1n) is 9.00. The van der Waals surface area contributed by atoms with Gasteiger partial charge in [-0.1, -0.05) is 35.5 Å². The summed E-state index contributed by atoms with van der Waals surface area (Å²) in [7, 11) is 1.95. The number of carbonyl (C=O) groups excluding carboxylic acids is 1. The molecule has 2 saturated carbocycles. The van der Waals surface area contributed by atoms with Gasteiger partial charge in [-0.2, -0.15) is 0 Å². The number of hydrogen-bond acceptors (Lipinski definition) is 4. The average Bonchev–Trinajstić information content (AvgIpc) is 3.50. The molecule has 0 atom stereocenters. The Morgan fingerprint density at radius 1 is 1.28 bits per heavy atom. The first-order valence-corrected chi connectivity index (χ1v) is 9.99. The zero-order chi connectivity index (χ0) is 17.4. The molecule has 5 nitrogen and oxygen atoms in total. The summed E-state index contributed by atoms with van der Waals surface area (Å²) in [6.45, 7) is 2.07. The van der Waals surface area contributed by atoms with E-state index < -0.39 is 0 Å². The second-order valence-electron chi connectivity index (χ2n) is 7.29. The van der Waals surface area contributed by atoms with Crippen molar-refractivity contribution in [2.75, 3.05) is 5.75 Å². The van der Waals surface area contributed by atoms with Crippen LogP contribution in [0.3, 0.4) is 0 Å². The van der Waals surface area contributed by atoms with Crippen LogP contribution in [0.15, 0.2) is 29.4 Å². The van der Waals surface area contributed by atoms with Crippen molar-refractivity contribution in [2.45, 2.75) is 43.8 Å². The smallest absolute Gasteiger partial charge is 0.230 e. The highest BCUT2D eigenvalue weighted by molar-refractivity contribution is 7.99. The SMILES string of the molecule is Cc1cccc(-c2nnc(SCC(=O)NC(C3CC3)C3CC3)n2C)c1. The number of amides is 1. The topological polar surface area (TPSA) is 59.8 Å². The highest BCUT2D eigenvalue weighted by atomic mass is 32.2. The third kappa shape index (κ3) is 3.89. The molecule has 1 N–H and O–H groups in total. The fourth-order valence-corrected chi connectivity index (χ4v) is 4.09. The van der Waals surface area contributed by atoms with Gasteiger partial charge in [0.25, 0.3) is 0 Å². The van der Waals surface area contributed by atoms with Crippen molar-refractivity contribution in [3.8, 4) is 11.4 Å². The molecule has 0 bridgehead atoms. The molecule has 0 unspecified atom stereocenters. The summed E-state index contributed by atoms with van der Waals surface area (Å²) in [5.41, 5.74) is 2.24. The van der Waals surface area contributed by atoms with Crippen molar-refractivity contribution in [3.63, 3.8) is 0 Å². The Labute approximate surface area is 152 Å². The summed E-state index contributed by atoms with van der Waals surface area (Å²) in [5.74, 6) is 2.80. The second kappa shape index (κ2) is 6.83. The summed E-state index contributed by atoms with van der Waals surface area (Å²) >= 11 is 1.46. The van der Waals surface area contributed by atoms with Crippen LogP contribution in [0.1, 0.15) is 31.2 Å². The molecule has 1 heterocycles. The second-order valence-corrected chi connectivity index (χ2v) is 8.23. The lowest BCUT2D eigenvalue weighted by Gasteiger charge is -2.17. The molecule has 0 radical (unpaired) electrons. The Hall–Kier alpha value is -1.82. The Morgan fingerprint density at radius 3 is 2.64 bits per heavy atom. The molecule has 0 aliphatic heterocycles. The molecule has 132 valence electrons. The van der Waals surface area contributed by atoms with E-state index in [-0.39, 0.29) is 5.91 Å². The van der Waals surface area contributed by atoms with Crippen molar-refractivity contribution in [1.82, 2.24) is 20.1 Å². The minimum atomic E-state index is 0.119. The standard InChI is InChI=1S/C19H24N4OS/c1-12-4-3-5-15(10-12)18-21-22-19(23(18)2)25-11-16(24)20-17(13-6-7-13)14-8-9-14/h3-5,10,13-14,17H,6-9,11H2,1-2H3,(H,20,24). The number of aryl methyl sites for hydroxylation is 1. The van der Waals surface area contributed by atoms with Gasteiger partial charge in [0, 0.05) is 18.7 Å². The highest BCUT2D eigenvalue weighted by Crippen LogP contribution is 2.44. The van der Waals surface area contributed by atoms with Gasteiger partial charge < -0.3 is 9.88 Å². The number of rotatable bonds is 7. The third-order valence-electron chi connectivity index (χ3n) is 5.03. The Bertz CT molecular complexity index is 767. The van der Waals surface area contributed by atoms with E-state index in [0.29, 0.717) is 11.8 Å². The Kier molecular flexibility index (Phi) is 4.54. The summed E-state index contributed by atoms with van der Waals surface area (Å²) in [4.78, 5) is 12.3. The third-order valence-corrected chi connectivity index (χ3v) is 6.05. The van der Waals surface area contributed by atoms with Gasteiger partial charge in [0.1, 0.15) is 0 Å².